The summed E-state index contributed by atoms with van der Waals surface area (Å²) in [4.78, 5) is 2.47. The van der Waals surface area contributed by atoms with E-state index in [-0.39, 0.29) is 6.10 Å². The molecule has 2 unspecified atom stereocenters. The quantitative estimate of drug-likeness (QED) is 0.886. The Labute approximate surface area is 116 Å². The van der Waals surface area contributed by atoms with Crippen molar-refractivity contribution in [2.75, 3.05) is 19.7 Å². The summed E-state index contributed by atoms with van der Waals surface area (Å²) in [5.41, 5.74) is 2.59. The highest BCUT2D eigenvalue weighted by atomic mass is 16.5. The summed E-state index contributed by atoms with van der Waals surface area (Å²) in [6.45, 7) is 9.30. The van der Waals surface area contributed by atoms with Gasteiger partial charge < -0.3 is 9.84 Å². The zero-order chi connectivity index (χ0) is 13.8. The Hall–Kier alpha value is -1.06. The van der Waals surface area contributed by atoms with E-state index < -0.39 is 0 Å². The number of likely N-dealkylation sites (N-methyl/N-ethyl adjacent to an activating group) is 1. The molecule has 0 aromatic heterocycles. The minimum Gasteiger partial charge on any atom is -0.508 e. The lowest BCUT2D eigenvalue weighted by atomic mass is 9.85. The van der Waals surface area contributed by atoms with Gasteiger partial charge in [-0.15, -0.1) is 0 Å². The maximum Gasteiger partial charge on any atom is 0.115 e. The van der Waals surface area contributed by atoms with E-state index in [1.165, 1.54) is 11.1 Å². The van der Waals surface area contributed by atoms with E-state index in [9.17, 15) is 5.11 Å². The molecule has 2 rings (SSSR count). The van der Waals surface area contributed by atoms with Crippen LogP contribution in [0.15, 0.2) is 18.2 Å². The van der Waals surface area contributed by atoms with Gasteiger partial charge in [-0.25, -0.2) is 0 Å². The molecule has 2 atom stereocenters. The second-order valence-corrected chi connectivity index (χ2v) is 5.14. The Morgan fingerprint density at radius 1 is 1.16 bits per heavy atom. The lowest BCUT2D eigenvalue weighted by Crippen LogP contribution is -2.49. The summed E-state index contributed by atoms with van der Waals surface area (Å²) >= 11 is 0. The van der Waals surface area contributed by atoms with E-state index in [1.807, 2.05) is 12.1 Å². The fourth-order valence-electron chi connectivity index (χ4n) is 3.15. The molecule has 3 heteroatoms. The monoisotopic (exact) mass is 263 g/mol. The van der Waals surface area contributed by atoms with Crippen LogP contribution in [0, 0.1) is 0 Å². The fourth-order valence-corrected chi connectivity index (χ4v) is 3.15. The molecule has 1 aromatic carbocycles. The van der Waals surface area contributed by atoms with Crippen molar-refractivity contribution >= 4 is 0 Å². The molecule has 19 heavy (non-hydrogen) atoms. The molecule has 106 valence electrons. The maximum absolute atomic E-state index is 9.65. The smallest absolute Gasteiger partial charge is 0.115 e. The van der Waals surface area contributed by atoms with Crippen molar-refractivity contribution in [1.29, 1.82) is 0 Å². The lowest BCUT2D eigenvalue weighted by Gasteiger charge is -2.39. The molecule has 0 amide bonds. The predicted molar refractivity (Wildman–Crippen MR) is 77.6 cm³/mol. The molecular weight excluding hydrogens is 238 g/mol. The van der Waals surface area contributed by atoms with Crippen molar-refractivity contribution in [3.8, 4) is 5.75 Å². The number of nitrogens with zero attached hydrogens (tertiary/aromatic N) is 1. The van der Waals surface area contributed by atoms with E-state index in [1.54, 1.807) is 6.07 Å². The number of phenolic OH excluding ortho intramolecular Hbond substituents is 1. The highest BCUT2D eigenvalue weighted by Gasteiger charge is 2.32. The third-order valence-corrected chi connectivity index (χ3v) is 4.13. The Balaban J connectivity index is 2.26. The largest absolute Gasteiger partial charge is 0.508 e. The van der Waals surface area contributed by atoms with Crippen LogP contribution in [0.4, 0.5) is 0 Å². The normalized spacial score (nSPS) is 22.5. The molecule has 0 bridgehead atoms. The highest BCUT2D eigenvalue weighted by Crippen LogP contribution is 2.29. The number of hydrogen-bond donors (Lipinski definition) is 1. The first-order valence-electron chi connectivity index (χ1n) is 7.35. The van der Waals surface area contributed by atoms with E-state index in [4.69, 9.17) is 4.74 Å². The topological polar surface area (TPSA) is 32.7 Å². The van der Waals surface area contributed by atoms with E-state index >= 15 is 0 Å². The molecule has 1 aliphatic rings. The van der Waals surface area contributed by atoms with Crippen LogP contribution in [0.1, 0.15) is 31.9 Å². The summed E-state index contributed by atoms with van der Waals surface area (Å²) in [6, 6.07) is 6.15. The third-order valence-electron chi connectivity index (χ3n) is 4.13. The summed E-state index contributed by atoms with van der Waals surface area (Å²) in [7, 11) is 0. The van der Waals surface area contributed by atoms with Crippen molar-refractivity contribution < 1.29 is 9.84 Å². The van der Waals surface area contributed by atoms with Gasteiger partial charge in [-0.05, 0) is 49.7 Å². The van der Waals surface area contributed by atoms with Crippen molar-refractivity contribution in [3.63, 3.8) is 0 Å². The number of rotatable bonds is 5. The van der Waals surface area contributed by atoms with Crippen molar-refractivity contribution in [2.45, 2.75) is 45.8 Å². The second kappa shape index (κ2) is 6.40. The van der Waals surface area contributed by atoms with E-state index in [0.717, 1.165) is 32.5 Å². The average molecular weight is 263 g/mol. The number of hydrogen-bond acceptors (Lipinski definition) is 3. The Morgan fingerprint density at radius 3 is 2.53 bits per heavy atom. The van der Waals surface area contributed by atoms with Crippen LogP contribution in [0.3, 0.4) is 0 Å². The molecule has 0 saturated carbocycles. The molecule has 1 aromatic rings. The standard InChI is InChI=1S/C16H25NO2/c1-4-17(5-2)15-10-13-9-14(18)8-7-12(13)11-16(15)19-6-3/h7-9,15-16,18H,4-6,10-11H2,1-3H3. The third kappa shape index (κ3) is 3.10. The van der Waals surface area contributed by atoms with Crippen molar-refractivity contribution in [1.82, 2.24) is 4.90 Å². The Bertz CT molecular complexity index is 415. The van der Waals surface area contributed by atoms with Crippen LogP contribution in [-0.4, -0.2) is 41.8 Å². The van der Waals surface area contributed by atoms with Gasteiger partial charge in [0.05, 0.1) is 6.10 Å². The number of fused-ring (bicyclic) bond motifs is 1. The molecule has 0 aliphatic heterocycles. The minimum absolute atomic E-state index is 0.266. The van der Waals surface area contributed by atoms with Crippen LogP contribution in [0.25, 0.3) is 0 Å². The molecule has 1 aliphatic carbocycles. The summed E-state index contributed by atoms with van der Waals surface area (Å²) in [5, 5.41) is 9.65. The van der Waals surface area contributed by atoms with Crippen molar-refractivity contribution in [2.24, 2.45) is 0 Å². The van der Waals surface area contributed by atoms with E-state index in [2.05, 4.69) is 25.7 Å². The van der Waals surface area contributed by atoms with Crippen LogP contribution in [-0.2, 0) is 17.6 Å². The van der Waals surface area contributed by atoms with Gasteiger partial charge in [-0.2, -0.15) is 0 Å². The average Bonchev–Trinajstić information content (AvgIpc) is 2.41. The van der Waals surface area contributed by atoms with Gasteiger partial charge in [-0.3, -0.25) is 4.90 Å². The summed E-state index contributed by atoms with van der Waals surface area (Å²) < 4.78 is 5.96. The highest BCUT2D eigenvalue weighted by molar-refractivity contribution is 5.38. The molecule has 0 spiro atoms. The number of phenols is 1. The predicted octanol–water partition coefficient (Wildman–Crippen LogP) is 2.61. The zero-order valence-electron chi connectivity index (χ0n) is 12.2. The minimum atomic E-state index is 0.266. The van der Waals surface area contributed by atoms with Crippen LogP contribution in [0.5, 0.6) is 5.75 Å². The van der Waals surface area contributed by atoms with Gasteiger partial charge in [0, 0.05) is 19.1 Å². The zero-order valence-corrected chi connectivity index (χ0v) is 12.2. The maximum atomic E-state index is 9.65. The first-order valence-corrected chi connectivity index (χ1v) is 7.35. The van der Waals surface area contributed by atoms with Crippen LogP contribution >= 0.6 is 0 Å². The van der Waals surface area contributed by atoms with Gasteiger partial charge >= 0.3 is 0 Å². The second-order valence-electron chi connectivity index (χ2n) is 5.14. The fraction of sp³-hybridized carbons (Fsp3) is 0.625. The van der Waals surface area contributed by atoms with Gasteiger partial charge in [0.15, 0.2) is 0 Å². The molecular formula is C16H25NO2. The molecule has 0 radical (unpaired) electrons. The molecule has 3 nitrogen and oxygen atoms in total. The molecule has 0 saturated heterocycles. The van der Waals surface area contributed by atoms with E-state index in [0.29, 0.717) is 11.8 Å². The molecule has 0 heterocycles. The van der Waals surface area contributed by atoms with Gasteiger partial charge in [0.1, 0.15) is 5.75 Å². The first-order chi connectivity index (χ1) is 9.19. The first kappa shape index (κ1) is 14.4. The SMILES string of the molecule is CCOC1Cc2ccc(O)cc2CC1N(CC)CC. The Kier molecular flexibility index (Phi) is 4.83. The number of aromatic hydroxyl groups is 1. The van der Waals surface area contributed by atoms with Crippen LogP contribution in [0.2, 0.25) is 0 Å². The van der Waals surface area contributed by atoms with Gasteiger partial charge in [0.2, 0.25) is 0 Å². The number of benzene rings is 1. The van der Waals surface area contributed by atoms with Crippen molar-refractivity contribution in [3.05, 3.63) is 29.3 Å². The molecule has 0 fully saturated rings. The van der Waals surface area contributed by atoms with Crippen LogP contribution < -0.4 is 0 Å². The lowest BCUT2D eigenvalue weighted by molar-refractivity contribution is -0.0112. The Morgan fingerprint density at radius 2 is 1.89 bits per heavy atom. The number of ether oxygens (including phenoxy) is 1. The van der Waals surface area contributed by atoms with Gasteiger partial charge in [-0.1, -0.05) is 19.9 Å². The van der Waals surface area contributed by atoms with Gasteiger partial charge in [0.25, 0.3) is 0 Å². The summed E-state index contributed by atoms with van der Waals surface area (Å²) in [6.07, 6.45) is 2.18. The molecule has 1 N–H and O–H groups in total. The summed E-state index contributed by atoms with van der Waals surface area (Å²) in [5.74, 6) is 0.368.